The van der Waals surface area contributed by atoms with E-state index in [4.69, 9.17) is 17.3 Å². The molecule has 0 radical (unpaired) electrons. The van der Waals surface area contributed by atoms with E-state index in [1.165, 1.54) is 17.2 Å². The van der Waals surface area contributed by atoms with Crippen LogP contribution in [-0.2, 0) is 12.8 Å². The van der Waals surface area contributed by atoms with Crippen LogP contribution < -0.4 is 5.73 Å². The smallest absolute Gasteiger partial charge is 0.126 e. The predicted octanol–water partition coefficient (Wildman–Crippen LogP) is 3.69. The molecule has 19 heavy (non-hydrogen) atoms. The van der Waals surface area contributed by atoms with Gasteiger partial charge >= 0.3 is 0 Å². The molecule has 1 aliphatic rings. The zero-order valence-corrected chi connectivity index (χ0v) is 11.2. The van der Waals surface area contributed by atoms with Crippen LogP contribution in [0.25, 0.3) is 0 Å². The molecule has 2 N–H and O–H groups in total. The van der Waals surface area contributed by atoms with Crippen LogP contribution in [0.2, 0.25) is 5.02 Å². The van der Waals surface area contributed by atoms with Gasteiger partial charge in [0.05, 0.1) is 0 Å². The predicted molar refractivity (Wildman–Crippen MR) is 76.0 cm³/mol. The van der Waals surface area contributed by atoms with Gasteiger partial charge in [-0.3, -0.25) is 0 Å². The lowest BCUT2D eigenvalue weighted by atomic mass is 9.72. The summed E-state index contributed by atoms with van der Waals surface area (Å²) in [6.45, 7) is 0. The van der Waals surface area contributed by atoms with Crippen molar-refractivity contribution in [2.45, 2.75) is 24.8 Å². The van der Waals surface area contributed by atoms with Gasteiger partial charge in [-0.2, -0.15) is 0 Å². The minimum Gasteiger partial charge on any atom is -0.327 e. The molecule has 2 aromatic rings. The summed E-state index contributed by atoms with van der Waals surface area (Å²) in [6.07, 6.45) is 1.50. The van der Waals surface area contributed by atoms with Gasteiger partial charge in [-0.05, 0) is 47.7 Å². The highest BCUT2D eigenvalue weighted by molar-refractivity contribution is 6.30. The number of halogens is 2. The molecular formula is C16H15ClFN. The lowest BCUT2D eigenvalue weighted by Gasteiger charge is -2.34. The fraction of sp³-hybridized carbons (Fsp3) is 0.250. The molecule has 0 spiro atoms. The second kappa shape index (κ2) is 4.95. The summed E-state index contributed by atoms with van der Waals surface area (Å²) in [5.74, 6) is 0.0991. The van der Waals surface area contributed by atoms with Crippen molar-refractivity contribution in [2.24, 2.45) is 5.73 Å². The normalized spacial score (nSPS) is 18.6. The van der Waals surface area contributed by atoms with E-state index in [0.717, 1.165) is 6.42 Å². The van der Waals surface area contributed by atoms with Gasteiger partial charge in [0.15, 0.2) is 0 Å². The van der Waals surface area contributed by atoms with E-state index in [0.29, 0.717) is 22.9 Å². The first-order chi connectivity index (χ1) is 9.15. The van der Waals surface area contributed by atoms with Crippen molar-refractivity contribution < 1.29 is 4.39 Å². The number of fused-ring (bicyclic) bond motifs is 1. The molecule has 3 rings (SSSR count). The Morgan fingerprint density at radius 2 is 2.05 bits per heavy atom. The molecule has 0 aromatic heterocycles. The summed E-state index contributed by atoms with van der Waals surface area (Å²) < 4.78 is 13.7. The molecule has 1 aliphatic carbocycles. The lowest BCUT2D eigenvalue weighted by molar-refractivity contribution is 0.472. The van der Waals surface area contributed by atoms with E-state index >= 15 is 0 Å². The quantitative estimate of drug-likeness (QED) is 0.908. The van der Waals surface area contributed by atoms with Crippen molar-refractivity contribution in [1.82, 2.24) is 0 Å². The Morgan fingerprint density at radius 1 is 1.26 bits per heavy atom. The lowest BCUT2D eigenvalue weighted by Crippen LogP contribution is -2.37. The molecule has 0 saturated carbocycles. The molecule has 0 fully saturated rings. The number of rotatable bonds is 3. The van der Waals surface area contributed by atoms with E-state index in [1.54, 1.807) is 12.1 Å². The molecule has 98 valence electrons. The van der Waals surface area contributed by atoms with E-state index < -0.39 is 0 Å². The van der Waals surface area contributed by atoms with Crippen molar-refractivity contribution in [1.29, 1.82) is 0 Å². The van der Waals surface area contributed by atoms with Gasteiger partial charge < -0.3 is 5.73 Å². The maximum Gasteiger partial charge on any atom is 0.126 e. The Hall–Kier alpha value is -1.38. The van der Waals surface area contributed by atoms with Gasteiger partial charge in [0.2, 0.25) is 0 Å². The van der Waals surface area contributed by atoms with Gasteiger partial charge in [0.1, 0.15) is 5.82 Å². The van der Waals surface area contributed by atoms with Crippen molar-refractivity contribution >= 4 is 11.6 Å². The SMILES string of the molecule is NC(Cc1cc(Cl)ccc1F)C1Cc2ccccc21. The highest BCUT2D eigenvalue weighted by atomic mass is 35.5. The largest absolute Gasteiger partial charge is 0.327 e. The molecule has 2 atom stereocenters. The van der Waals surface area contributed by atoms with Gasteiger partial charge in [-0.25, -0.2) is 4.39 Å². The van der Waals surface area contributed by atoms with Crippen molar-refractivity contribution in [2.75, 3.05) is 0 Å². The van der Waals surface area contributed by atoms with E-state index in [9.17, 15) is 4.39 Å². The van der Waals surface area contributed by atoms with E-state index in [-0.39, 0.29) is 11.9 Å². The number of benzene rings is 2. The van der Waals surface area contributed by atoms with Crippen LogP contribution in [0.1, 0.15) is 22.6 Å². The topological polar surface area (TPSA) is 26.0 Å². The number of nitrogens with two attached hydrogens (primary N) is 1. The maximum atomic E-state index is 13.7. The molecule has 1 nitrogen and oxygen atoms in total. The first-order valence-electron chi connectivity index (χ1n) is 6.42. The fourth-order valence-corrected chi connectivity index (χ4v) is 2.97. The third-order valence-electron chi connectivity index (χ3n) is 3.87. The Bertz CT molecular complexity index is 611. The first kappa shape index (κ1) is 12.6. The zero-order chi connectivity index (χ0) is 13.4. The highest BCUT2D eigenvalue weighted by Crippen LogP contribution is 2.37. The first-order valence-corrected chi connectivity index (χ1v) is 6.80. The van der Waals surface area contributed by atoms with Crippen molar-refractivity contribution in [3.8, 4) is 0 Å². The molecule has 0 bridgehead atoms. The minimum atomic E-state index is -0.229. The number of hydrogen-bond donors (Lipinski definition) is 1. The third-order valence-corrected chi connectivity index (χ3v) is 4.11. The molecule has 3 heteroatoms. The summed E-state index contributed by atoms with van der Waals surface area (Å²) in [5, 5.41) is 0.553. The zero-order valence-electron chi connectivity index (χ0n) is 10.4. The summed E-state index contributed by atoms with van der Waals surface area (Å²) in [7, 11) is 0. The molecule has 2 aromatic carbocycles. The molecule has 0 heterocycles. The Balaban J connectivity index is 1.76. The van der Waals surface area contributed by atoms with Crippen molar-refractivity contribution in [3.05, 3.63) is 70.0 Å². The summed E-state index contributed by atoms with van der Waals surface area (Å²) in [4.78, 5) is 0. The third kappa shape index (κ3) is 2.38. The summed E-state index contributed by atoms with van der Waals surface area (Å²) in [5.41, 5.74) is 9.50. The van der Waals surface area contributed by atoms with E-state index in [2.05, 4.69) is 12.1 Å². The second-order valence-electron chi connectivity index (χ2n) is 5.11. The Labute approximate surface area is 117 Å². The van der Waals surface area contributed by atoms with Gasteiger partial charge in [0, 0.05) is 17.0 Å². The number of hydrogen-bond acceptors (Lipinski definition) is 1. The van der Waals surface area contributed by atoms with Crippen LogP contribution in [0.5, 0.6) is 0 Å². The molecular weight excluding hydrogens is 261 g/mol. The highest BCUT2D eigenvalue weighted by Gasteiger charge is 2.30. The average molecular weight is 276 g/mol. The van der Waals surface area contributed by atoms with Gasteiger partial charge in [0.25, 0.3) is 0 Å². The van der Waals surface area contributed by atoms with Crippen LogP contribution in [0, 0.1) is 5.82 Å². The summed E-state index contributed by atoms with van der Waals surface area (Å²) in [6, 6.07) is 12.9. The average Bonchev–Trinajstić information content (AvgIpc) is 2.35. The van der Waals surface area contributed by atoms with Crippen LogP contribution in [0.15, 0.2) is 42.5 Å². The van der Waals surface area contributed by atoms with Crippen LogP contribution in [0.4, 0.5) is 4.39 Å². The van der Waals surface area contributed by atoms with E-state index in [1.807, 2.05) is 12.1 Å². The van der Waals surface area contributed by atoms with Gasteiger partial charge in [-0.1, -0.05) is 35.9 Å². The molecule has 2 unspecified atom stereocenters. The minimum absolute atomic E-state index is 0.0668. The maximum absolute atomic E-state index is 13.7. The van der Waals surface area contributed by atoms with Gasteiger partial charge in [-0.15, -0.1) is 0 Å². The Morgan fingerprint density at radius 3 is 2.84 bits per heavy atom. The fourth-order valence-electron chi connectivity index (χ4n) is 2.78. The van der Waals surface area contributed by atoms with Crippen LogP contribution in [-0.4, -0.2) is 6.04 Å². The molecule has 0 amide bonds. The summed E-state index contributed by atoms with van der Waals surface area (Å²) >= 11 is 5.90. The van der Waals surface area contributed by atoms with Crippen molar-refractivity contribution in [3.63, 3.8) is 0 Å². The molecule has 0 saturated heterocycles. The second-order valence-corrected chi connectivity index (χ2v) is 5.55. The molecule has 0 aliphatic heterocycles. The van der Waals surface area contributed by atoms with Crippen LogP contribution >= 0.6 is 11.6 Å². The Kier molecular flexibility index (Phi) is 3.29. The standard InChI is InChI=1S/C16H15ClFN/c17-12-5-6-15(18)11(7-12)9-16(19)14-8-10-3-1-2-4-13(10)14/h1-7,14,16H,8-9,19H2. The monoisotopic (exact) mass is 275 g/mol. The van der Waals surface area contributed by atoms with Crippen LogP contribution in [0.3, 0.4) is 0 Å².